The van der Waals surface area contributed by atoms with Crippen molar-refractivity contribution in [2.75, 3.05) is 5.32 Å². The summed E-state index contributed by atoms with van der Waals surface area (Å²) in [5.74, 6) is -0.221. The van der Waals surface area contributed by atoms with Crippen LogP contribution < -0.4 is 5.32 Å². The normalized spacial score (nSPS) is 17.0. The first-order valence-electron chi connectivity index (χ1n) is 7.51. The van der Waals surface area contributed by atoms with Crippen LogP contribution in [0.2, 0.25) is 0 Å². The van der Waals surface area contributed by atoms with Crippen molar-refractivity contribution >= 4 is 27.8 Å². The topological polar surface area (TPSA) is 50.7 Å². The van der Waals surface area contributed by atoms with E-state index in [1.54, 1.807) is 34.8 Å². The monoisotopic (exact) mass is 346 g/mol. The second-order valence-corrected chi connectivity index (χ2v) is 7.81. The molecule has 1 aliphatic rings. The van der Waals surface area contributed by atoms with Crippen LogP contribution in [-0.2, 0) is 6.42 Å². The van der Waals surface area contributed by atoms with Crippen molar-refractivity contribution in [3.8, 4) is 10.6 Å². The van der Waals surface area contributed by atoms with Crippen molar-refractivity contribution in [1.82, 2.24) is 15.2 Å². The van der Waals surface area contributed by atoms with E-state index in [-0.39, 0.29) is 11.9 Å². The molecule has 4 nitrogen and oxygen atoms in total. The van der Waals surface area contributed by atoms with Gasteiger partial charge in [-0.05, 0) is 50.5 Å². The van der Waals surface area contributed by atoms with Gasteiger partial charge in [-0.15, -0.1) is 21.5 Å². The molecule has 0 bridgehead atoms. The summed E-state index contributed by atoms with van der Waals surface area (Å²) in [4.78, 5) is 6.14. The van der Waals surface area contributed by atoms with E-state index in [0.717, 1.165) is 45.7 Å². The Bertz CT molecular complexity index is 825. The van der Waals surface area contributed by atoms with Crippen LogP contribution in [0.15, 0.2) is 24.3 Å². The number of aryl methyl sites for hydroxylation is 2. The summed E-state index contributed by atoms with van der Waals surface area (Å²) < 4.78 is 13.1. The maximum atomic E-state index is 13.1. The molecule has 1 aromatic carbocycles. The van der Waals surface area contributed by atoms with E-state index in [4.69, 9.17) is 4.98 Å². The number of halogens is 1. The van der Waals surface area contributed by atoms with Crippen LogP contribution in [-0.4, -0.2) is 15.2 Å². The average molecular weight is 346 g/mol. The van der Waals surface area contributed by atoms with E-state index in [1.807, 2.05) is 6.92 Å². The fourth-order valence-corrected chi connectivity index (χ4v) is 4.59. The molecule has 0 saturated heterocycles. The second kappa shape index (κ2) is 5.98. The minimum absolute atomic E-state index is 0.177. The lowest BCUT2D eigenvalue weighted by Gasteiger charge is -2.21. The van der Waals surface area contributed by atoms with E-state index in [9.17, 15) is 4.39 Å². The van der Waals surface area contributed by atoms with E-state index in [2.05, 4.69) is 15.5 Å². The first-order valence-corrected chi connectivity index (χ1v) is 9.14. The van der Waals surface area contributed by atoms with Crippen molar-refractivity contribution in [3.05, 3.63) is 45.7 Å². The van der Waals surface area contributed by atoms with Gasteiger partial charge in [-0.25, -0.2) is 9.37 Å². The van der Waals surface area contributed by atoms with Crippen molar-refractivity contribution in [2.45, 2.75) is 32.2 Å². The summed E-state index contributed by atoms with van der Waals surface area (Å²) in [6.45, 7) is 1.95. The number of nitrogens with zero attached hydrogens (tertiary/aromatic N) is 3. The molecule has 1 N–H and O–H groups in total. The molecule has 0 amide bonds. The summed E-state index contributed by atoms with van der Waals surface area (Å²) in [7, 11) is 0. The van der Waals surface area contributed by atoms with Gasteiger partial charge in [0, 0.05) is 10.4 Å². The van der Waals surface area contributed by atoms with Gasteiger partial charge in [-0.3, -0.25) is 0 Å². The standard InChI is InChI=1S/C16H15FN4S2/c1-9-20-21-16(22-9)18-12-3-2-4-13-14(12)19-15(23-13)10-5-7-11(17)8-6-10/h5-8,12H,2-4H2,1H3,(H,18,21). The molecule has 118 valence electrons. The van der Waals surface area contributed by atoms with Gasteiger partial charge in [0.25, 0.3) is 0 Å². The lowest BCUT2D eigenvalue weighted by atomic mass is 9.98. The highest BCUT2D eigenvalue weighted by atomic mass is 32.1. The largest absolute Gasteiger partial charge is 0.352 e. The van der Waals surface area contributed by atoms with E-state index in [1.165, 1.54) is 17.0 Å². The molecular weight excluding hydrogens is 331 g/mol. The Kier molecular flexibility index (Phi) is 3.82. The minimum atomic E-state index is -0.221. The van der Waals surface area contributed by atoms with Gasteiger partial charge >= 0.3 is 0 Å². The van der Waals surface area contributed by atoms with Gasteiger partial charge in [-0.1, -0.05) is 11.3 Å². The van der Waals surface area contributed by atoms with E-state index < -0.39 is 0 Å². The van der Waals surface area contributed by atoms with Gasteiger partial charge in [-0.2, -0.15) is 0 Å². The van der Waals surface area contributed by atoms with Gasteiger partial charge in [0.1, 0.15) is 15.8 Å². The molecule has 23 heavy (non-hydrogen) atoms. The highest BCUT2D eigenvalue weighted by molar-refractivity contribution is 7.15. The zero-order valence-electron chi connectivity index (χ0n) is 12.5. The van der Waals surface area contributed by atoms with Crippen molar-refractivity contribution in [1.29, 1.82) is 0 Å². The third kappa shape index (κ3) is 2.98. The Morgan fingerprint density at radius 2 is 2.00 bits per heavy atom. The van der Waals surface area contributed by atoms with Crippen LogP contribution in [0.25, 0.3) is 10.6 Å². The Labute approximate surface area is 141 Å². The van der Waals surface area contributed by atoms with Crippen molar-refractivity contribution < 1.29 is 4.39 Å². The summed E-state index contributed by atoms with van der Waals surface area (Å²) >= 11 is 3.27. The molecule has 0 spiro atoms. The van der Waals surface area contributed by atoms with Crippen molar-refractivity contribution in [2.24, 2.45) is 0 Å². The Morgan fingerprint density at radius 1 is 1.17 bits per heavy atom. The number of hydrogen-bond donors (Lipinski definition) is 1. The number of hydrogen-bond acceptors (Lipinski definition) is 6. The summed E-state index contributed by atoms with van der Waals surface area (Å²) in [5.41, 5.74) is 2.07. The third-order valence-corrected chi connectivity index (χ3v) is 5.82. The molecule has 2 heterocycles. The van der Waals surface area contributed by atoms with Gasteiger partial charge in [0.05, 0.1) is 11.7 Å². The molecule has 0 radical (unpaired) electrons. The second-order valence-electron chi connectivity index (χ2n) is 5.55. The summed E-state index contributed by atoms with van der Waals surface area (Å²) in [5, 5.41) is 14.4. The molecule has 1 atom stereocenters. The van der Waals surface area contributed by atoms with Crippen LogP contribution >= 0.6 is 22.7 Å². The predicted octanol–water partition coefficient (Wildman–Crippen LogP) is 4.60. The third-order valence-electron chi connectivity index (χ3n) is 3.87. The number of rotatable bonds is 3. The first kappa shape index (κ1) is 14.7. The first-order chi connectivity index (χ1) is 11.2. The number of anilines is 1. The van der Waals surface area contributed by atoms with Crippen LogP contribution in [0.5, 0.6) is 0 Å². The number of nitrogens with one attached hydrogen (secondary N) is 1. The molecule has 4 rings (SSSR count). The quantitative estimate of drug-likeness (QED) is 0.753. The number of aromatic nitrogens is 3. The number of thiazole rings is 1. The van der Waals surface area contributed by atoms with Crippen molar-refractivity contribution in [3.63, 3.8) is 0 Å². The lowest BCUT2D eigenvalue weighted by molar-refractivity contribution is 0.593. The lowest BCUT2D eigenvalue weighted by Crippen LogP contribution is -2.16. The molecule has 0 aliphatic heterocycles. The highest BCUT2D eigenvalue weighted by Gasteiger charge is 2.25. The van der Waals surface area contributed by atoms with Gasteiger partial charge < -0.3 is 5.32 Å². The predicted molar refractivity (Wildman–Crippen MR) is 91.5 cm³/mol. The minimum Gasteiger partial charge on any atom is -0.352 e. The Hall–Kier alpha value is -1.86. The summed E-state index contributed by atoms with van der Waals surface area (Å²) in [6, 6.07) is 6.72. The fourth-order valence-electron chi connectivity index (χ4n) is 2.78. The molecule has 2 aromatic heterocycles. The highest BCUT2D eigenvalue weighted by Crippen LogP contribution is 2.38. The van der Waals surface area contributed by atoms with Crippen LogP contribution in [0.3, 0.4) is 0 Å². The van der Waals surface area contributed by atoms with Gasteiger partial charge in [0.2, 0.25) is 5.13 Å². The van der Waals surface area contributed by atoms with E-state index >= 15 is 0 Å². The van der Waals surface area contributed by atoms with E-state index in [0.29, 0.717) is 0 Å². The van der Waals surface area contributed by atoms with Crippen LogP contribution in [0, 0.1) is 12.7 Å². The maximum absolute atomic E-state index is 13.1. The van der Waals surface area contributed by atoms with Crippen LogP contribution in [0.1, 0.15) is 34.5 Å². The SMILES string of the molecule is Cc1nnc(NC2CCCc3sc(-c4ccc(F)cc4)nc32)s1. The van der Waals surface area contributed by atoms with Crippen LogP contribution in [0.4, 0.5) is 9.52 Å². The zero-order valence-corrected chi connectivity index (χ0v) is 14.2. The molecule has 0 fully saturated rings. The number of fused-ring (bicyclic) bond motifs is 1. The molecule has 1 unspecified atom stereocenters. The average Bonchev–Trinajstić information content (AvgIpc) is 3.15. The Balaban J connectivity index is 1.64. The molecule has 0 saturated carbocycles. The summed E-state index contributed by atoms with van der Waals surface area (Å²) in [6.07, 6.45) is 3.23. The smallest absolute Gasteiger partial charge is 0.206 e. The molecule has 1 aliphatic carbocycles. The number of benzene rings is 1. The Morgan fingerprint density at radius 3 is 2.74 bits per heavy atom. The molecule has 7 heteroatoms. The van der Waals surface area contributed by atoms with Gasteiger partial charge in [0.15, 0.2) is 0 Å². The maximum Gasteiger partial charge on any atom is 0.206 e. The fraction of sp³-hybridized carbons (Fsp3) is 0.312. The zero-order chi connectivity index (χ0) is 15.8. The molecule has 3 aromatic rings. The molecular formula is C16H15FN4S2.